The number of hydrogen-bond donors (Lipinski definition) is 2. The standard InChI is InChI=1S/C11H11Cl2NO3/c12-7-3-1-4-8(13)11(7)14-9(15)5-2-6-10(16)17/h1,3-4H,2,5-6H2,(H,14,15)(H,16,17). The lowest BCUT2D eigenvalue weighted by Gasteiger charge is -2.08. The Morgan fingerprint density at radius 3 is 2.29 bits per heavy atom. The molecule has 0 saturated carbocycles. The summed E-state index contributed by atoms with van der Waals surface area (Å²) in [6.07, 6.45) is 0.362. The van der Waals surface area contributed by atoms with Crippen LogP contribution in [0.25, 0.3) is 0 Å². The third-order valence-electron chi connectivity index (χ3n) is 2.02. The molecule has 4 nitrogen and oxygen atoms in total. The van der Waals surface area contributed by atoms with Crippen LogP contribution in [0, 0.1) is 0 Å². The molecule has 0 saturated heterocycles. The Morgan fingerprint density at radius 1 is 1.18 bits per heavy atom. The van der Waals surface area contributed by atoms with Crippen molar-refractivity contribution in [1.82, 2.24) is 0 Å². The van der Waals surface area contributed by atoms with Crippen LogP contribution < -0.4 is 5.32 Å². The van der Waals surface area contributed by atoms with Crippen LogP contribution in [0.5, 0.6) is 0 Å². The van der Waals surface area contributed by atoms with E-state index in [0.29, 0.717) is 15.7 Å². The minimum Gasteiger partial charge on any atom is -0.481 e. The molecule has 0 atom stereocenters. The number of anilines is 1. The molecule has 1 rings (SSSR count). The molecule has 0 aliphatic heterocycles. The van der Waals surface area contributed by atoms with E-state index < -0.39 is 5.97 Å². The predicted molar refractivity (Wildman–Crippen MR) is 66.6 cm³/mol. The summed E-state index contributed by atoms with van der Waals surface area (Å²) in [5.41, 5.74) is 0.358. The maximum atomic E-state index is 11.5. The van der Waals surface area contributed by atoms with Crippen LogP contribution >= 0.6 is 23.2 Å². The van der Waals surface area contributed by atoms with Crippen molar-refractivity contribution in [3.8, 4) is 0 Å². The third-order valence-corrected chi connectivity index (χ3v) is 2.65. The largest absolute Gasteiger partial charge is 0.481 e. The Labute approximate surface area is 109 Å². The average Bonchev–Trinajstić information content (AvgIpc) is 2.23. The first-order valence-corrected chi connectivity index (χ1v) is 5.72. The number of carbonyl (C=O) groups excluding carboxylic acids is 1. The topological polar surface area (TPSA) is 66.4 Å². The van der Waals surface area contributed by atoms with Gasteiger partial charge in [-0.05, 0) is 18.6 Å². The summed E-state index contributed by atoms with van der Waals surface area (Å²) in [5, 5.41) is 11.7. The summed E-state index contributed by atoms with van der Waals surface area (Å²) >= 11 is 11.7. The van der Waals surface area contributed by atoms with Gasteiger partial charge >= 0.3 is 5.97 Å². The average molecular weight is 276 g/mol. The highest BCUT2D eigenvalue weighted by Crippen LogP contribution is 2.29. The Kier molecular flexibility index (Phi) is 5.25. The molecule has 17 heavy (non-hydrogen) atoms. The van der Waals surface area contributed by atoms with Gasteiger partial charge < -0.3 is 10.4 Å². The van der Waals surface area contributed by atoms with Crippen LogP contribution in [0.4, 0.5) is 5.69 Å². The number of nitrogens with one attached hydrogen (secondary N) is 1. The molecule has 0 aliphatic rings. The second-order valence-electron chi connectivity index (χ2n) is 3.39. The molecule has 2 N–H and O–H groups in total. The number of carbonyl (C=O) groups is 2. The van der Waals surface area contributed by atoms with Gasteiger partial charge in [0.1, 0.15) is 0 Å². The van der Waals surface area contributed by atoms with Crippen molar-refractivity contribution in [1.29, 1.82) is 0 Å². The normalized spacial score (nSPS) is 10.0. The molecule has 1 aromatic rings. The summed E-state index contributed by atoms with van der Waals surface area (Å²) in [5.74, 6) is -1.23. The number of benzene rings is 1. The van der Waals surface area contributed by atoms with Crippen molar-refractivity contribution in [2.24, 2.45) is 0 Å². The maximum absolute atomic E-state index is 11.5. The van der Waals surface area contributed by atoms with Crippen LogP contribution in [0.1, 0.15) is 19.3 Å². The molecule has 0 radical (unpaired) electrons. The van der Waals surface area contributed by atoms with Crippen molar-refractivity contribution >= 4 is 40.8 Å². The quantitative estimate of drug-likeness (QED) is 0.867. The first-order chi connectivity index (χ1) is 8.00. The van der Waals surface area contributed by atoms with Crippen LogP contribution in [-0.4, -0.2) is 17.0 Å². The Bertz CT molecular complexity index is 414. The zero-order valence-corrected chi connectivity index (χ0v) is 10.4. The van der Waals surface area contributed by atoms with Gasteiger partial charge in [-0.3, -0.25) is 9.59 Å². The number of hydrogen-bond acceptors (Lipinski definition) is 2. The Balaban J connectivity index is 2.53. The zero-order chi connectivity index (χ0) is 12.8. The molecule has 0 bridgehead atoms. The van der Waals surface area contributed by atoms with Gasteiger partial charge in [0.05, 0.1) is 15.7 Å². The summed E-state index contributed by atoms with van der Waals surface area (Å²) in [4.78, 5) is 21.8. The van der Waals surface area contributed by atoms with E-state index in [1.807, 2.05) is 0 Å². The van der Waals surface area contributed by atoms with E-state index in [0.717, 1.165) is 0 Å². The van der Waals surface area contributed by atoms with E-state index in [1.54, 1.807) is 18.2 Å². The van der Waals surface area contributed by atoms with Gasteiger partial charge in [0, 0.05) is 12.8 Å². The summed E-state index contributed by atoms with van der Waals surface area (Å²) in [6.45, 7) is 0. The van der Waals surface area contributed by atoms with E-state index in [2.05, 4.69) is 5.32 Å². The predicted octanol–water partition coefficient (Wildman–Crippen LogP) is 3.19. The lowest BCUT2D eigenvalue weighted by Crippen LogP contribution is -2.12. The number of amides is 1. The molecular weight excluding hydrogens is 265 g/mol. The highest BCUT2D eigenvalue weighted by Gasteiger charge is 2.09. The van der Waals surface area contributed by atoms with Crippen molar-refractivity contribution < 1.29 is 14.7 Å². The van der Waals surface area contributed by atoms with Crippen molar-refractivity contribution in [3.63, 3.8) is 0 Å². The molecule has 1 amide bonds. The Hall–Kier alpha value is -1.26. The number of aliphatic carboxylic acids is 1. The fourth-order valence-corrected chi connectivity index (χ4v) is 1.71. The van der Waals surface area contributed by atoms with E-state index >= 15 is 0 Å². The smallest absolute Gasteiger partial charge is 0.303 e. The molecular formula is C11H11Cl2NO3. The van der Waals surface area contributed by atoms with Gasteiger partial charge in [-0.15, -0.1) is 0 Å². The van der Waals surface area contributed by atoms with Crippen molar-refractivity contribution in [2.75, 3.05) is 5.32 Å². The van der Waals surface area contributed by atoms with Crippen LogP contribution in [-0.2, 0) is 9.59 Å². The van der Waals surface area contributed by atoms with E-state index in [4.69, 9.17) is 28.3 Å². The number of para-hydroxylation sites is 1. The molecule has 6 heteroatoms. The van der Waals surface area contributed by atoms with Gasteiger partial charge in [-0.2, -0.15) is 0 Å². The molecule has 92 valence electrons. The zero-order valence-electron chi connectivity index (χ0n) is 8.87. The van der Waals surface area contributed by atoms with Crippen molar-refractivity contribution in [3.05, 3.63) is 28.2 Å². The lowest BCUT2D eigenvalue weighted by molar-refractivity contribution is -0.137. The number of carboxylic acids is 1. The molecule has 0 unspecified atom stereocenters. The summed E-state index contributed by atoms with van der Waals surface area (Å²) in [7, 11) is 0. The van der Waals surface area contributed by atoms with Crippen LogP contribution in [0.2, 0.25) is 10.0 Å². The number of rotatable bonds is 5. The highest BCUT2D eigenvalue weighted by molar-refractivity contribution is 6.39. The molecule has 1 aromatic carbocycles. The molecule has 0 aliphatic carbocycles. The minimum absolute atomic E-state index is 0.0380. The minimum atomic E-state index is -0.923. The van der Waals surface area contributed by atoms with Crippen LogP contribution in [0.15, 0.2) is 18.2 Å². The van der Waals surface area contributed by atoms with Gasteiger partial charge in [-0.1, -0.05) is 29.3 Å². The molecule has 0 fully saturated rings. The highest BCUT2D eigenvalue weighted by atomic mass is 35.5. The maximum Gasteiger partial charge on any atom is 0.303 e. The second-order valence-corrected chi connectivity index (χ2v) is 4.21. The van der Waals surface area contributed by atoms with Gasteiger partial charge in [0.2, 0.25) is 5.91 Å². The Morgan fingerprint density at radius 2 is 1.76 bits per heavy atom. The number of carboxylic acid groups (broad SMARTS) is 1. The van der Waals surface area contributed by atoms with E-state index in [-0.39, 0.29) is 25.2 Å². The van der Waals surface area contributed by atoms with Gasteiger partial charge in [0.15, 0.2) is 0 Å². The molecule has 0 aromatic heterocycles. The van der Waals surface area contributed by atoms with Gasteiger partial charge in [-0.25, -0.2) is 0 Å². The molecule has 0 spiro atoms. The monoisotopic (exact) mass is 275 g/mol. The van der Waals surface area contributed by atoms with E-state index in [1.165, 1.54) is 0 Å². The van der Waals surface area contributed by atoms with Gasteiger partial charge in [0.25, 0.3) is 0 Å². The second kappa shape index (κ2) is 6.47. The van der Waals surface area contributed by atoms with Crippen LogP contribution in [0.3, 0.4) is 0 Å². The summed E-state index contributed by atoms with van der Waals surface area (Å²) in [6, 6.07) is 4.89. The molecule has 0 heterocycles. The first-order valence-electron chi connectivity index (χ1n) is 4.96. The first kappa shape index (κ1) is 13.8. The summed E-state index contributed by atoms with van der Waals surface area (Å²) < 4.78 is 0. The lowest BCUT2D eigenvalue weighted by atomic mass is 10.2. The third kappa shape index (κ3) is 4.63. The van der Waals surface area contributed by atoms with E-state index in [9.17, 15) is 9.59 Å². The fourth-order valence-electron chi connectivity index (χ4n) is 1.22. The fraction of sp³-hybridized carbons (Fsp3) is 0.273. The number of halogens is 2. The SMILES string of the molecule is O=C(O)CCCC(=O)Nc1c(Cl)cccc1Cl. The van der Waals surface area contributed by atoms with Crippen molar-refractivity contribution in [2.45, 2.75) is 19.3 Å².